The minimum absolute atomic E-state index is 0.307. The molecular weight excluding hydrogens is 494 g/mol. The second-order valence-electron chi connectivity index (χ2n) is 10.9. The molecule has 5 nitrogen and oxygen atoms in total. The minimum Gasteiger partial charge on any atom is -0.478 e. The van der Waals surface area contributed by atoms with Crippen molar-refractivity contribution in [2.75, 3.05) is 6.54 Å². The lowest BCUT2D eigenvalue weighted by molar-refractivity contribution is 0.0697. The summed E-state index contributed by atoms with van der Waals surface area (Å²) in [6.45, 7) is 13.9. The average molecular weight is 536 g/mol. The lowest BCUT2D eigenvalue weighted by Crippen LogP contribution is -2.25. The summed E-state index contributed by atoms with van der Waals surface area (Å²) >= 11 is 0. The summed E-state index contributed by atoms with van der Waals surface area (Å²) in [5.74, 6) is 0.115. The Morgan fingerprint density at radius 2 is 1.65 bits per heavy atom. The first-order valence-electron chi connectivity index (χ1n) is 14.2. The molecule has 0 aliphatic rings. The molecule has 0 aliphatic heterocycles. The van der Waals surface area contributed by atoms with E-state index in [1.165, 1.54) is 28.0 Å². The summed E-state index contributed by atoms with van der Waals surface area (Å²) < 4.78 is 2.43. The molecular formula is C35H41N3O2. The van der Waals surface area contributed by atoms with Gasteiger partial charge in [-0.3, -0.25) is 4.90 Å². The van der Waals surface area contributed by atoms with E-state index in [4.69, 9.17) is 4.98 Å². The van der Waals surface area contributed by atoms with Gasteiger partial charge in [-0.05, 0) is 57.4 Å². The van der Waals surface area contributed by atoms with Gasteiger partial charge in [0.15, 0.2) is 0 Å². The topological polar surface area (TPSA) is 58.4 Å². The number of aromatic carboxylic acids is 1. The molecule has 0 unspecified atom stereocenters. The normalized spacial score (nSPS) is 11.2. The standard InChI is InChI=1S/C35H41N3O2/c1-6-7-21-38-32(24-37(22-20-25(2)3)23-28-14-18-30(19-15-28)35(39)40)33(29-16-12-26(4)13-17-29)36-34(38)31-11-9-8-10-27(31)5/h8-20H,6-7,21-24H2,1-5H3,(H,39,40). The first-order chi connectivity index (χ1) is 19.3. The van der Waals surface area contributed by atoms with Gasteiger partial charge in [0.2, 0.25) is 0 Å². The van der Waals surface area contributed by atoms with Crippen LogP contribution < -0.4 is 0 Å². The number of rotatable bonds is 12. The zero-order chi connectivity index (χ0) is 28.6. The van der Waals surface area contributed by atoms with Crippen LogP contribution in [0, 0.1) is 13.8 Å². The van der Waals surface area contributed by atoms with Gasteiger partial charge in [-0.2, -0.15) is 0 Å². The number of hydrogen-bond acceptors (Lipinski definition) is 3. The largest absolute Gasteiger partial charge is 0.478 e. The van der Waals surface area contributed by atoms with Crippen molar-refractivity contribution in [3.05, 3.63) is 112 Å². The number of carboxylic acid groups (broad SMARTS) is 1. The van der Waals surface area contributed by atoms with Crippen molar-refractivity contribution >= 4 is 5.97 Å². The van der Waals surface area contributed by atoms with E-state index in [1.807, 2.05) is 12.1 Å². The van der Waals surface area contributed by atoms with Crippen LogP contribution in [0.15, 0.2) is 84.4 Å². The van der Waals surface area contributed by atoms with E-state index >= 15 is 0 Å². The fraction of sp³-hybridized carbons (Fsp3) is 0.314. The number of carbonyl (C=O) groups is 1. The van der Waals surface area contributed by atoms with Gasteiger partial charge in [0, 0.05) is 37.3 Å². The Morgan fingerprint density at radius 3 is 2.27 bits per heavy atom. The molecule has 0 saturated carbocycles. The number of unbranched alkanes of at least 4 members (excludes halogenated alkanes) is 1. The van der Waals surface area contributed by atoms with E-state index in [-0.39, 0.29) is 0 Å². The van der Waals surface area contributed by atoms with E-state index in [9.17, 15) is 9.90 Å². The van der Waals surface area contributed by atoms with Gasteiger partial charge in [0.05, 0.1) is 17.0 Å². The zero-order valence-electron chi connectivity index (χ0n) is 24.4. The number of carboxylic acids is 1. The Balaban J connectivity index is 1.83. The van der Waals surface area contributed by atoms with E-state index in [0.29, 0.717) is 12.1 Å². The Bertz CT molecular complexity index is 1460. The molecule has 3 aromatic carbocycles. The molecule has 0 spiro atoms. The number of allylic oxidation sites excluding steroid dienone is 1. The van der Waals surface area contributed by atoms with Crippen molar-refractivity contribution in [3.8, 4) is 22.6 Å². The summed E-state index contributed by atoms with van der Waals surface area (Å²) in [5.41, 5.74) is 9.63. The molecule has 0 amide bonds. The monoisotopic (exact) mass is 535 g/mol. The minimum atomic E-state index is -0.903. The van der Waals surface area contributed by atoms with Crippen molar-refractivity contribution in [2.24, 2.45) is 0 Å². The van der Waals surface area contributed by atoms with Crippen LogP contribution in [-0.4, -0.2) is 32.1 Å². The number of aryl methyl sites for hydroxylation is 2. The Morgan fingerprint density at radius 1 is 0.950 bits per heavy atom. The maximum atomic E-state index is 11.4. The van der Waals surface area contributed by atoms with E-state index in [0.717, 1.165) is 55.1 Å². The van der Waals surface area contributed by atoms with Crippen molar-refractivity contribution in [3.63, 3.8) is 0 Å². The molecule has 1 heterocycles. The highest BCUT2D eigenvalue weighted by Gasteiger charge is 2.22. The van der Waals surface area contributed by atoms with E-state index < -0.39 is 5.97 Å². The predicted octanol–water partition coefficient (Wildman–Crippen LogP) is 8.30. The molecule has 0 radical (unpaired) electrons. The first kappa shape index (κ1) is 29.0. The number of benzene rings is 3. The SMILES string of the molecule is CCCCn1c(-c2ccccc2C)nc(-c2ccc(C)cc2)c1CN(CC=C(C)C)Cc1ccc(C(=O)O)cc1. The summed E-state index contributed by atoms with van der Waals surface area (Å²) in [7, 11) is 0. The number of aromatic nitrogens is 2. The van der Waals surface area contributed by atoms with Gasteiger partial charge in [-0.25, -0.2) is 9.78 Å². The van der Waals surface area contributed by atoms with E-state index in [2.05, 4.69) is 98.7 Å². The van der Waals surface area contributed by atoms with Crippen LogP contribution >= 0.6 is 0 Å². The summed E-state index contributed by atoms with van der Waals surface area (Å²) in [6.07, 6.45) is 4.43. The third kappa shape index (κ3) is 7.16. The van der Waals surface area contributed by atoms with Crippen molar-refractivity contribution < 1.29 is 9.90 Å². The molecule has 0 aliphatic carbocycles. The van der Waals surface area contributed by atoms with Gasteiger partial charge in [0.1, 0.15) is 5.82 Å². The molecule has 0 bridgehead atoms. The van der Waals surface area contributed by atoms with Crippen molar-refractivity contribution in [1.82, 2.24) is 14.5 Å². The first-order valence-corrected chi connectivity index (χ1v) is 14.2. The third-order valence-electron chi connectivity index (χ3n) is 7.26. The highest BCUT2D eigenvalue weighted by atomic mass is 16.4. The maximum Gasteiger partial charge on any atom is 0.335 e. The average Bonchev–Trinajstić information content (AvgIpc) is 3.28. The van der Waals surface area contributed by atoms with Crippen LogP contribution in [0.25, 0.3) is 22.6 Å². The quantitative estimate of drug-likeness (QED) is 0.185. The van der Waals surface area contributed by atoms with Crippen molar-refractivity contribution in [1.29, 1.82) is 0 Å². The summed E-state index contributed by atoms with van der Waals surface area (Å²) in [6, 6.07) is 24.4. The van der Waals surface area contributed by atoms with Gasteiger partial charge in [-0.1, -0.05) is 91.2 Å². The summed E-state index contributed by atoms with van der Waals surface area (Å²) in [5, 5.41) is 9.34. The number of nitrogens with zero attached hydrogens (tertiary/aromatic N) is 3. The highest BCUT2D eigenvalue weighted by Crippen LogP contribution is 2.33. The molecule has 40 heavy (non-hydrogen) atoms. The van der Waals surface area contributed by atoms with Crippen LogP contribution in [-0.2, 0) is 19.6 Å². The fourth-order valence-corrected chi connectivity index (χ4v) is 4.90. The Hall–Kier alpha value is -3.96. The molecule has 5 heteroatoms. The lowest BCUT2D eigenvalue weighted by Gasteiger charge is -2.24. The lowest BCUT2D eigenvalue weighted by atomic mass is 10.1. The van der Waals surface area contributed by atoms with Gasteiger partial charge in [0.25, 0.3) is 0 Å². The molecule has 208 valence electrons. The molecule has 0 saturated heterocycles. The molecule has 1 N–H and O–H groups in total. The number of imidazole rings is 1. The smallest absolute Gasteiger partial charge is 0.335 e. The molecule has 1 aromatic heterocycles. The molecule has 0 fully saturated rings. The second-order valence-corrected chi connectivity index (χ2v) is 10.9. The fourth-order valence-electron chi connectivity index (χ4n) is 4.90. The van der Waals surface area contributed by atoms with Crippen LogP contribution in [0.5, 0.6) is 0 Å². The van der Waals surface area contributed by atoms with Crippen LogP contribution in [0.2, 0.25) is 0 Å². The van der Waals surface area contributed by atoms with E-state index in [1.54, 1.807) is 12.1 Å². The second kappa shape index (κ2) is 13.4. The van der Waals surface area contributed by atoms with Gasteiger partial charge in [-0.15, -0.1) is 0 Å². The van der Waals surface area contributed by atoms with Crippen LogP contribution in [0.3, 0.4) is 0 Å². The zero-order valence-corrected chi connectivity index (χ0v) is 24.4. The van der Waals surface area contributed by atoms with Crippen LogP contribution in [0.4, 0.5) is 0 Å². The van der Waals surface area contributed by atoms with Gasteiger partial charge >= 0.3 is 5.97 Å². The Labute approximate surface area is 238 Å². The van der Waals surface area contributed by atoms with Crippen molar-refractivity contribution in [2.45, 2.75) is 67.1 Å². The predicted molar refractivity (Wildman–Crippen MR) is 164 cm³/mol. The maximum absolute atomic E-state index is 11.4. The molecule has 4 aromatic rings. The van der Waals surface area contributed by atoms with Gasteiger partial charge < -0.3 is 9.67 Å². The van der Waals surface area contributed by atoms with Crippen LogP contribution in [0.1, 0.15) is 66.4 Å². The Kier molecular flexibility index (Phi) is 9.73. The number of hydrogen-bond donors (Lipinski definition) is 1. The molecule has 0 atom stereocenters. The summed E-state index contributed by atoms with van der Waals surface area (Å²) in [4.78, 5) is 19.1. The highest BCUT2D eigenvalue weighted by molar-refractivity contribution is 5.87. The third-order valence-corrected chi connectivity index (χ3v) is 7.26. The molecule has 4 rings (SSSR count).